The number of rotatable bonds is 6. The Morgan fingerprint density at radius 1 is 0.971 bits per heavy atom. The lowest BCUT2D eigenvalue weighted by Crippen LogP contribution is -2.42. The van der Waals surface area contributed by atoms with Crippen LogP contribution in [0.25, 0.3) is 0 Å². The summed E-state index contributed by atoms with van der Waals surface area (Å²) in [6, 6.07) is 13.1. The number of urea groups is 1. The van der Waals surface area contributed by atoms with E-state index in [1.165, 1.54) is 0 Å². The quantitative estimate of drug-likeness (QED) is 0.463. The fourth-order valence-electron chi connectivity index (χ4n) is 3.43. The number of anilines is 6. The van der Waals surface area contributed by atoms with Gasteiger partial charge in [-0.1, -0.05) is 0 Å². The molecule has 0 atom stereocenters. The van der Waals surface area contributed by atoms with E-state index >= 15 is 0 Å². The Hall–Kier alpha value is -4.67. The first-order chi connectivity index (χ1) is 16.8. The van der Waals surface area contributed by atoms with Crippen LogP contribution >= 0.6 is 0 Å². The average Bonchev–Trinajstić information content (AvgIpc) is 2.84. The maximum Gasteiger partial charge on any atom is 0.338 e. The maximum atomic E-state index is 12.3. The van der Waals surface area contributed by atoms with Gasteiger partial charge in [-0.25, -0.2) is 14.6 Å². The van der Waals surface area contributed by atoms with Gasteiger partial charge in [0.1, 0.15) is 5.69 Å². The Bertz CT molecular complexity index is 1250. The molecule has 1 aromatic heterocycles. The predicted octanol–water partition coefficient (Wildman–Crippen LogP) is 3.45. The molecule has 4 rings (SSSR count). The van der Waals surface area contributed by atoms with Crippen molar-refractivity contribution in [1.29, 1.82) is 0 Å². The van der Waals surface area contributed by atoms with Gasteiger partial charge in [0, 0.05) is 31.2 Å². The molecule has 0 radical (unpaired) electrons. The molecule has 0 spiro atoms. The van der Waals surface area contributed by atoms with Crippen LogP contribution in [-0.2, 0) is 9.53 Å². The lowest BCUT2D eigenvalue weighted by molar-refractivity contribution is -0.117. The second-order valence-corrected chi connectivity index (χ2v) is 7.79. The van der Waals surface area contributed by atoms with Gasteiger partial charge in [-0.2, -0.15) is 4.98 Å². The van der Waals surface area contributed by atoms with Gasteiger partial charge in [-0.05, 0) is 55.5 Å². The molecule has 3 aromatic rings. The summed E-state index contributed by atoms with van der Waals surface area (Å²) in [5.41, 5.74) is 2.91. The molecule has 0 saturated heterocycles. The number of nitrogens with zero attached hydrogens (tertiary/aromatic N) is 4. The van der Waals surface area contributed by atoms with Crippen LogP contribution in [0.15, 0.2) is 54.7 Å². The van der Waals surface area contributed by atoms with Crippen molar-refractivity contribution in [3.8, 4) is 0 Å². The van der Waals surface area contributed by atoms with Gasteiger partial charge in [0.05, 0.1) is 24.9 Å². The molecule has 2 aromatic carbocycles. The normalized spacial score (nSPS) is 12.6. The summed E-state index contributed by atoms with van der Waals surface area (Å²) < 4.78 is 4.94. The van der Waals surface area contributed by atoms with Crippen molar-refractivity contribution in [2.75, 3.05) is 53.0 Å². The molecule has 0 fully saturated rings. The summed E-state index contributed by atoms with van der Waals surface area (Å²) in [5, 5.41) is 8.59. The van der Waals surface area contributed by atoms with Gasteiger partial charge < -0.3 is 30.5 Å². The lowest BCUT2D eigenvalue weighted by Gasteiger charge is -2.31. The van der Waals surface area contributed by atoms with E-state index in [4.69, 9.17) is 4.74 Å². The van der Waals surface area contributed by atoms with E-state index < -0.39 is 12.0 Å². The van der Waals surface area contributed by atoms with E-state index in [9.17, 15) is 14.4 Å². The first kappa shape index (κ1) is 23.5. The van der Waals surface area contributed by atoms with Gasteiger partial charge in [0.2, 0.25) is 11.9 Å². The number of hydrogen-bond donors (Lipinski definition) is 3. The third-order valence-corrected chi connectivity index (χ3v) is 5.27. The summed E-state index contributed by atoms with van der Waals surface area (Å²) >= 11 is 0. The van der Waals surface area contributed by atoms with Crippen LogP contribution in [0.4, 0.5) is 39.3 Å². The zero-order valence-corrected chi connectivity index (χ0v) is 19.5. The van der Waals surface area contributed by atoms with Crippen molar-refractivity contribution in [3.63, 3.8) is 0 Å². The smallest absolute Gasteiger partial charge is 0.338 e. The van der Waals surface area contributed by atoms with E-state index in [2.05, 4.69) is 25.9 Å². The molecule has 1 aliphatic rings. The lowest BCUT2D eigenvalue weighted by atomic mass is 10.2. The molecule has 0 aliphatic carbocycles. The Morgan fingerprint density at radius 2 is 1.57 bits per heavy atom. The van der Waals surface area contributed by atoms with Crippen LogP contribution in [0.1, 0.15) is 17.3 Å². The van der Waals surface area contributed by atoms with Crippen LogP contribution in [0.2, 0.25) is 0 Å². The number of likely N-dealkylation sites (N-methyl/N-ethyl adjacent to an activating group) is 2. The first-order valence-electron chi connectivity index (χ1n) is 10.9. The topological polar surface area (TPSA) is 129 Å². The highest BCUT2D eigenvalue weighted by molar-refractivity contribution is 6.02. The van der Waals surface area contributed by atoms with Gasteiger partial charge in [-0.15, -0.1) is 0 Å². The molecule has 3 N–H and O–H groups in total. The van der Waals surface area contributed by atoms with E-state index in [1.807, 2.05) is 0 Å². The largest absolute Gasteiger partial charge is 0.462 e. The standard InChI is InChI=1S/C24H25N7O4/c1-4-35-22(33)15-5-7-17(8-6-15)27-24(34)28-18-11-9-16(10-12-18)26-23-25-13-19-21(29-23)30(2)14-20(32)31(19)3/h5-13H,4,14H2,1-3H3,(H,25,26,29)(H2,27,28,34). The van der Waals surface area contributed by atoms with Gasteiger partial charge in [0.15, 0.2) is 5.82 Å². The number of ether oxygens (including phenoxy) is 1. The maximum absolute atomic E-state index is 12.3. The Kier molecular flexibility index (Phi) is 6.76. The van der Waals surface area contributed by atoms with Crippen LogP contribution in [0, 0.1) is 0 Å². The van der Waals surface area contributed by atoms with Crippen LogP contribution in [0.3, 0.4) is 0 Å². The first-order valence-corrected chi connectivity index (χ1v) is 10.9. The molecule has 2 heterocycles. The van der Waals surface area contributed by atoms with Gasteiger partial charge in [-0.3, -0.25) is 4.79 Å². The highest BCUT2D eigenvalue weighted by atomic mass is 16.5. The number of esters is 1. The van der Waals surface area contributed by atoms with Gasteiger partial charge >= 0.3 is 12.0 Å². The fraction of sp³-hybridized carbons (Fsp3) is 0.208. The summed E-state index contributed by atoms with van der Waals surface area (Å²) in [5.74, 6) is 0.621. The minimum absolute atomic E-state index is 0.0230. The summed E-state index contributed by atoms with van der Waals surface area (Å²) in [4.78, 5) is 48.1. The number of benzene rings is 2. The third-order valence-electron chi connectivity index (χ3n) is 5.27. The number of amides is 3. The number of aromatic nitrogens is 2. The molecular weight excluding hydrogens is 450 g/mol. The predicted molar refractivity (Wildman–Crippen MR) is 133 cm³/mol. The van der Waals surface area contributed by atoms with Crippen molar-refractivity contribution in [1.82, 2.24) is 9.97 Å². The van der Waals surface area contributed by atoms with Crippen molar-refractivity contribution >= 4 is 52.4 Å². The second-order valence-electron chi connectivity index (χ2n) is 7.79. The number of fused-ring (bicyclic) bond motifs is 1. The molecule has 0 bridgehead atoms. The minimum Gasteiger partial charge on any atom is -0.462 e. The molecule has 180 valence electrons. The molecule has 35 heavy (non-hydrogen) atoms. The Labute approximate surface area is 202 Å². The summed E-state index contributed by atoms with van der Waals surface area (Å²) in [6.07, 6.45) is 1.61. The van der Waals surface area contributed by atoms with Crippen molar-refractivity contribution < 1.29 is 19.1 Å². The van der Waals surface area contributed by atoms with Crippen LogP contribution in [-0.4, -0.2) is 55.1 Å². The van der Waals surface area contributed by atoms with E-state index in [0.29, 0.717) is 41.0 Å². The average molecular weight is 476 g/mol. The molecule has 0 saturated carbocycles. The Morgan fingerprint density at radius 3 is 2.20 bits per heavy atom. The van der Waals surface area contributed by atoms with E-state index in [-0.39, 0.29) is 12.5 Å². The Balaban J connectivity index is 1.35. The van der Waals surface area contributed by atoms with Crippen LogP contribution in [0.5, 0.6) is 0 Å². The second kappa shape index (κ2) is 10.1. The minimum atomic E-state index is -0.422. The number of nitrogens with one attached hydrogen (secondary N) is 3. The molecule has 11 nitrogen and oxygen atoms in total. The number of carbonyl (C=O) groups excluding carboxylic acids is 3. The zero-order chi connectivity index (χ0) is 24.9. The molecular formula is C24H25N7O4. The third kappa shape index (κ3) is 5.46. The van der Waals surface area contributed by atoms with E-state index in [0.717, 1.165) is 5.69 Å². The van der Waals surface area contributed by atoms with Crippen molar-refractivity contribution in [2.45, 2.75) is 6.92 Å². The van der Waals surface area contributed by atoms with Crippen molar-refractivity contribution in [3.05, 3.63) is 60.3 Å². The molecule has 3 amide bonds. The monoisotopic (exact) mass is 475 g/mol. The SMILES string of the molecule is CCOC(=O)c1ccc(NC(=O)Nc2ccc(Nc3ncc4c(n3)N(C)CC(=O)N4C)cc2)cc1. The summed E-state index contributed by atoms with van der Waals surface area (Å²) in [7, 11) is 3.51. The van der Waals surface area contributed by atoms with Gasteiger partial charge in [0.25, 0.3) is 0 Å². The number of hydrogen-bond acceptors (Lipinski definition) is 8. The molecule has 0 unspecified atom stereocenters. The number of carbonyl (C=O) groups is 3. The highest BCUT2D eigenvalue weighted by Crippen LogP contribution is 2.30. The van der Waals surface area contributed by atoms with Crippen molar-refractivity contribution in [2.24, 2.45) is 0 Å². The highest BCUT2D eigenvalue weighted by Gasteiger charge is 2.26. The molecule has 1 aliphatic heterocycles. The molecule has 11 heteroatoms. The fourth-order valence-corrected chi connectivity index (χ4v) is 3.43. The zero-order valence-electron chi connectivity index (χ0n) is 19.5. The van der Waals surface area contributed by atoms with E-state index in [1.54, 1.807) is 85.5 Å². The van der Waals surface area contributed by atoms with Crippen LogP contribution < -0.4 is 25.8 Å². The summed E-state index contributed by atoms with van der Waals surface area (Å²) in [6.45, 7) is 2.29.